The smallest absolute Gasteiger partial charge is 0.371 e. The van der Waals surface area contributed by atoms with Gasteiger partial charge in [-0.05, 0) is 26.3 Å². The van der Waals surface area contributed by atoms with Crippen molar-refractivity contribution < 1.29 is 22.7 Å². The third kappa shape index (κ3) is 6.02. The number of Topliss-reactive ketones (excluding diaryl/α,β-unsaturated/α-hetero) is 1. The molecule has 0 aliphatic carbocycles. The number of halogens is 3. The fraction of sp³-hybridized carbons (Fsp3) is 0.909. The number of hydrogen-bond acceptors (Lipinski definition) is 3. The molecule has 0 amide bonds. The molecule has 17 heavy (non-hydrogen) atoms. The van der Waals surface area contributed by atoms with Crippen LogP contribution in [-0.2, 0) is 9.53 Å². The van der Waals surface area contributed by atoms with E-state index in [4.69, 9.17) is 0 Å². The minimum atomic E-state index is -4.26. The van der Waals surface area contributed by atoms with Gasteiger partial charge in [0, 0.05) is 19.0 Å². The van der Waals surface area contributed by atoms with Crippen LogP contribution in [-0.4, -0.2) is 49.2 Å². The zero-order chi connectivity index (χ0) is 12.9. The highest BCUT2D eigenvalue weighted by Crippen LogP contribution is 2.20. The monoisotopic (exact) mass is 253 g/mol. The molecule has 1 rings (SSSR count). The molecule has 1 fully saturated rings. The number of ether oxygens (including phenoxy) is 1. The first-order valence-electron chi connectivity index (χ1n) is 5.76. The third-order valence-electron chi connectivity index (χ3n) is 2.81. The van der Waals surface area contributed by atoms with Crippen molar-refractivity contribution in [2.75, 3.05) is 26.3 Å². The quantitative estimate of drug-likeness (QED) is 0.678. The molecule has 0 N–H and O–H groups in total. The summed E-state index contributed by atoms with van der Waals surface area (Å²) >= 11 is 0. The lowest BCUT2D eigenvalue weighted by atomic mass is 10.1. The number of alkyl halides is 3. The Hall–Kier alpha value is -0.620. The Kier molecular flexibility index (Phi) is 5.39. The second-order valence-corrected chi connectivity index (χ2v) is 4.41. The van der Waals surface area contributed by atoms with Gasteiger partial charge >= 0.3 is 6.18 Å². The molecule has 1 heterocycles. The molecule has 0 saturated carbocycles. The molecule has 1 unspecified atom stereocenters. The topological polar surface area (TPSA) is 29.5 Å². The average molecular weight is 253 g/mol. The van der Waals surface area contributed by atoms with E-state index in [2.05, 4.69) is 4.74 Å². The van der Waals surface area contributed by atoms with Crippen LogP contribution >= 0.6 is 0 Å². The maximum Gasteiger partial charge on any atom is 0.411 e. The molecule has 1 aliphatic rings. The van der Waals surface area contributed by atoms with Crippen LogP contribution in [0.15, 0.2) is 0 Å². The molecule has 1 saturated heterocycles. The number of likely N-dealkylation sites (tertiary alicyclic amines) is 1. The molecule has 3 nitrogen and oxygen atoms in total. The van der Waals surface area contributed by atoms with Gasteiger partial charge in [-0.15, -0.1) is 0 Å². The second kappa shape index (κ2) is 6.35. The summed E-state index contributed by atoms with van der Waals surface area (Å²) in [5, 5.41) is 0. The Morgan fingerprint density at radius 1 is 1.47 bits per heavy atom. The van der Waals surface area contributed by atoms with Crippen molar-refractivity contribution in [2.24, 2.45) is 0 Å². The second-order valence-electron chi connectivity index (χ2n) is 4.41. The molecule has 0 radical (unpaired) electrons. The van der Waals surface area contributed by atoms with E-state index in [1.54, 1.807) is 0 Å². The van der Waals surface area contributed by atoms with Crippen LogP contribution in [0.1, 0.15) is 26.2 Å². The minimum absolute atomic E-state index is 0.0634. The Morgan fingerprint density at radius 2 is 2.18 bits per heavy atom. The fourth-order valence-corrected chi connectivity index (χ4v) is 2.12. The van der Waals surface area contributed by atoms with E-state index in [-0.39, 0.29) is 18.4 Å². The van der Waals surface area contributed by atoms with Crippen molar-refractivity contribution >= 4 is 5.78 Å². The van der Waals surface area contributed by atoms with Crippen LogP contribution in [0, 0.1) is 0 Å². The van der Waals surface area contributed by atoms with Gasteiger partial charge in [0.05, 0.1) is 6.61 Å². The summed E-state index contributed by atoms with van der Waals surface area (Å²) in [6, 6.07) is 0.182. The highest BCUT2D eigenvalue weighted by atomic mass is 19.4. The van der Waals surface area contributed by atoms with Gasteiger partial charge in [-0.25, -0.2) is 0 Å². The van der Waals surface area contributed by atoms with Crippen LogP contribution < -0.4 is 0 Å². The lowest BCUT2D eigenvalue weighted by Gasteiger charge is -2.23. The summed E-state index contributed by atoms with van der Waals surface area (Å²) in [4.78, 5) is 13.0. The molecule has 0 aromatic carbocycles. The van der Waals surface area contributed by atoms with Crippen LogP contribution in [0.5, 0.6) is 0 Å². The first kappa shape index (κ1) is 14.4. The predicted molar refractivity (Wildman–Crippen MR) is 56.8 cm³/mol. The Balaban J connectivity index is 2.19. The minimum Gasteiger partial charge on any atom is -0.371 e. The fourth-order valence-electron chi connectivity index (χ4n) is 2.12. The van der Waals surface area contributed by atoms with E-state index in [0.29, 0.717) is 13.0 Å². The molecular weight excluding hydrogens is 235 g/mol. The van der Waals surface area contributed by atoms with Crippen molar-refractivity contribution in [3.63, 3.8) is 0 Å². The van der Waals surface area contributed by atoms with Gasteiger partial charge < -0.3 is 4.74 Å². The number of ketones is 1. The van der Waals surface area contributed by atoms with Crippen molar-refractivity contribution in [1.82, 2.24) is 4.90 Å². The number of nitrogens with zero attached hydrogens (tertiary/aromatic N) is 1. The zero-order valence-corrected chi connectivity index (χ0v) is 9.92. The number of hydrogen-bond donors (Lipinski definition) is 0. The summed E-state index contributed by atoms with van der Waals surface area (Å²) in [6.07, 6.45) is -1.83. The summed E-state index contributed by atoms with van der Waals surface area (Å²) in [7, 11) is 0. The van der Waals surface area contributed by atoms with Crippen molar-refractivity contribution in [1.29, 1.82) is 0 Å². The van der Waals surface area contributed by atoms with Gasteiger partial charge in [-0.1, -0.05) is 0 Å². The normalized spacial score (nSPS) is 22.0. The van der Waals surface area contributed by atoms with Crippen molar-refractivity contribution in [3.8, 4) is 0 Å². The van der Waals surface area contributed by atoms with Crippen LogP contribution in [0.2, 0.25) is 0 Å². The van der Waals surface area contributed by atoms with Crippen molar-refractivity contribution in [2.45, 2.75) is 38.4 Å². The first-order chi connectivity index (χ1) is 7.88. The van der Waals surface area contributed by atoms with Crippen LogP contribution in [0.4, 0.5) is 13.2 Å². The summed E-state index contributed by atoms with van der Waals surface area (Å²) in [5.41, 5.74) is 0. The average Bonchev–Trinajstić information content (AvgIpc) is 2.58. The molecule has 0 spiro atoms. The van der Waals surface area contributed by atoms with E-state index >= 15 is 0 Å². The summed E-state index contributed by atoms with van der Waals surface area (Å²) in [6.45, 7) is 1.71. The van der Waals surface area contributed by atoms with Crippen LogP contribution in [0.3, 0.4) is 0 Å². The highest BCUT2D eigenvalue weighted by molar-refractivity contribution is 5.76. The largest absolute Gasteiger partial charge is 0.411 e. The number of carbonyl (C=O) groups excluding carboxylic acids is 1. The lowest BCUT2D eigenvalue weighted by Crippen LogP contribution is -2.34. The zero-order valence-electron chi connectivity index (χ0n) is 9.92. The van der Waals surface area contributed by atoms with E-state index in [1.165, 1.54) is 6.92 Å². The first-order valence-corrected chi connectivity index (χ1v) is 5.76. The molecule has 100 valence electrons. The van der Waals surface area contributed by atoms with Gasteiger partial charge in [-0.2, -0.15) is 13.2 Å². The van der Waals surface area contributed by atoms with Crippen LogP contribution in [0.25, 0.3) is 0 Å². The maximum absolute atomic E-state index is 11.8. The van der Waals surface area contributed by atoms with Gasteiger partial charge in [0.15, 0.2) is 0 Å². The number of rotatable bonds is 6. The Morgan fingerprint density at radius 3 is 2.76 bits per heavy atom. The SMILES string of the molecule is CC(=O)CC1CCCN1CCOCC(F)(F)F. The highest BCUT2D eigenvalue weighted by Gasteiger charge is 2.28. The Bertz CT molecular complexity index is 256. The van der Waals surface area contributed by atoms with Crippen molar-refractivity contribution in [3.05, 3.63) is 0 Å². The molecule has 0 aromatic rings. The maximum atomic E-state index is 11.8. The van der Waals surface area contributed by atoms with Gasteiger partial charge in [0.25, 0.3) is 0 Å². The summed E-state index contributed by atoms with van der Waals surface area (Å²) in [5.74, 6) is 0.123. The molecule has 1 atom stereocenters. The Labute approximate surface area is 98.9 Å². The third-order valence-corrected chi connectivity index (χ3v) is 2.81. The molecular formula is C11H18F3NO2. The van der Waals surface area contributed by atoms with E-state index < -0.39 is 12.8 Å². The van der Waals surface area contributed by atoms with E-state index in [1.807, 2.05) is 4.90 Å². The van der Waals surface area contributed by atoms with Gasteiger partial charge in [-0.3, -0.25) is 9.69 Å². The standard InChI is InChI=1S/C11H18F3NO2/c1-9(16)7-10-3-2-4-15(10)5-6-17-8-11(12,13)14/h10H,2-8H2,1H3. The van der Waals surface area contributed by atoms with Gasteiger partial charge in [0.1, 0.15) is 12.4 Å². The summed E-state index contributed by atoms with van der Waals surface area (Å²) < 4.78 is 40.0. The molecule has 0 bridgehead atoms. The lowest BCUT2D eigenvalue weighted by molar-refractivity contribution is -0.174. The molecule has 1 aliphatic heterocycles. The molecule has 6 heteroatoms. The predicted octanol–water partition coefficient (Wildman–Crippen LogP) is 2.01. The van der Waals surface area contributed by atoms with E-state index in [9.17, 15) is 18.0 Å². The number of carbonyl (C=O) groups is 1. The van der Waals surface area contributed by atoms with Gasteiger partial charge in [0.2, 0.25) is 0 Å². The van der Waals surface area contributed by atoms with E-state index in [0.717, 1.165) is 19.4 Å². The molecule has 0 aromatic heterocycles.